The molecule has 0 aliphatic carbocycles. The van der Waals surface area contributed by atoms with Crippen molar-refractivity contribution >= 4 is 5.91 Å². The van der Waals surface area contributed by atoms with E-state index in [9.17, 15) is 4.79 Å². The van der Waals surface area contributed by atoms with Crippen molar-refractivity contribution < 1.29 is 14.3 Å². The molecule has 2 aromatic carbocycles. The Balaban J connectivity index is 1.51. The largest absolute Gasteiger partial charge is 0.454 e. The minimum atomic E-state index is -0.160. The molecule has 0 saturated heterocycles. The predicted octanol–water partition coefficient (Wildman–Crippen LogP) is 2.66. The Labute approximate surface area is 150 Å². The van der Waals surface area contributed by atoms with Crippen LogP contribution in [0.2, 0.25) is 0 Å². The normalized spacial score (nSPS) is 12.2. The molecule has 0 fully saturated rings. The number of nitrogens with zero attached hydrogens (tertiary/aromatic N) is 4. The van der Waals surface area contributed by atoms with E-state index in [1.54, 1.807) is 15.8 Å². The summed E-state index contributed by atoms with van der Waals surface area (Å²) in [5, 5.41) is 8.10. The van der Waals surface area contributed by atoms with Crippen molar-refractivity contribution in [2.75, 3.05) is 13.3 Å². The first-order valence-electron chi connectivity index (χ1n) is 8.40. The van der Waals surface area contributed by atoms with Crippen LogP contribution in [0.25, 0.3) is 5.69 Å². The lowest BCUT2D eigenvalue weighted by atomic mass is 10.2. The van der Waals surface area contributed by atoms with Crippen LogP contribution in [0.5, 0.6) is 11.5 Å². The highest BCUT2D eigenvalue weighted by Crippen LogP contribution is 2.32. The Hall–Kier alpha value is -3.35. The first kappa shape index (κ1) is 16.1. The number of fused-ring (bicyclic) bond motifs is 1. The number of hydrogen-bond acceptors (Lipinski definition) is 5. The molecule has 26 heavy (non-hydrogen) atoms. The van der Waals surface area contributed by atoms with Gasteiger partial charge in [0, 0.05) is 13.1 Å². The van der Waals surface area contributed by atoms with Crippen LogP contribution < -0.4 is 9.47 Å². The lowest BCUT2D eigenvalue weighted by Gasteiger charge is -2.19. The fourth-order valence-electron chi connectivity index (χ4n) is 2.82. The number of aromatic nitrogens is 3. The van der Waals surface area contributed by atoms with Gasteiger partial charge in [-0.05, 0) is 36.8 Å². The molecule has 1 aliphatic rings. The highest BCUT2D eigenvalue weighted by molar-refractivity contribution is 5.92. The monoisotopic (exact) mass is 350 g/mol. The molecule has 1 aromatic heterocycles. The summed E-state index contributed by atoms with van der Waals surface area (Å²) in [4.78, 5) is 14.5. The van der Waals surface area contributed by atoms with Crippen molar-refractivity contribution in [2.45, 2.75) is 13.5 Å². The van der Waals surface area contributed by atoms with Crippen LogP contribution in [0.4, 0.5) is 0 Å². The van der Waals surface area contributed by atoms with Crippen molar-refractivity contribution in [3.8, 4) is 17.2 Å². The first-order valence-corrected chi connectivity index (χ1v) is 8.40. The first-order chi connectivity index (χ1) is 12.7. The molecule has 0 N–H and O–H groups in total. The minimum absolute atomic E-state index is 0.160. The standard InChI is InChI=1S/C19H18N4O3/c1-2-22(11-14-8-9-17-18(10-14)26-13-25-17)19(24)16-12-23(21-20-16)15-6-4-3-5-7-15/h3-10,12H,2,11,13H2,1H3. The van der Waals surface area contributed by atoms with Gasteiger partial charge in [-0.3, -0.25) is 4.79 Å². The average Bonchev–Trinajstić information content (AvgIpc) is 3.35. The predicted molar refractivity (Wildman–Crippen MR) is 94.3 cm³/mol. The van der Waals surface area contributed by atoms with Crippen LogP contribution in [0.3, 0.4) is 0 Å². The third-order valence-corrected chi connectivity index (χ3v) is 4.21. The number of rotatable bonds is 5. The van der Waals surface area contributed by atoms with E-state index in [0.717, 1.165) is 17.0 Å². The fraction of sp³-hybridized carbons (Fsp3) is 0.211. The Bertz CT molecular complexity index is 924. The van der Waals surface area contributed by atoms with Gasteiger partial charge in [0.25, 0.3) is 5.91 Å². The van der Waals surface area contributed by atoms with Crippen molar-refractivity contribution in [3.63, 3.8) is 0 Å². The van der Waals surface area contributed by atoms with Gasteiger partial charge in [0.1, 0.15) is 0 Å². The molecule has 0 unspecified atom stereocenters. The van der Waals surface area contributed by atoms with Gasteiger partial charge in [-0.25, -0.2) is 4.68 Å². The zero-order valence-corrected chi connectivity index (χ0v) is 14.3. The van der Waals surface area contributed by atoms with Crippen molar-refractivity contribution in [2.24, 2.45) is 0 Å². The molecule has 0 radical (unpaired) electrons. The van der Waals surface area contributed by atoms with Crippen LogP contribution >= 0.6 is 0 Å². The van der Waals surface area contributed by atoms with Crippen LogP contribution in [0.15, 0.2) is 54.7 Å². The molecule has 0 atom stereocenters. The van der Waals surface area contributed by atoms with E-state index in [1.807, 2.05) is 55.5 Å². The van der Waals surface area contributed by atoms with Crippen LogP contribution in [-0.4, -0.2) is 39.1 Å². The van der Waals surface area contributed by atoms with Gasteiger partial charge >= 0.3 is 0 Å². The SMILES string of the molecule is CCN(Cc1ccc2c(c1)OCO2)C(=O)c1cn(-c2ccccc2)nn1. The third-order valence-electron chi connectivity index (χ3n) is 4.21. The summed E-state index contributed by atoms with van der Waals surface area (Å²) in [6.07, 6.45) is 1.65. The summed E-state index contributed by atoms with van der Waals surface area (Å²) in [6.45, 7) is 3.19. The number of benzene rings is 2. The second-order valence-corrected chi connectivity index (χ2v) is 5.89. The van der Waals surface area contributed by atoms with Gasteiger partial charge < -0.3 is 14.4 Å². The van der Waals surface area contributed by atoms with E-state index in [-0.39, 0.29) is 12.7 Å². The van der Waals surface area contributed by atoms with Gasteiger partial charge in [0.2, 0.25) is 6.79 Å². The minimum Gasteiger partial charge on any atom is -0.454 e. The molecule has 7 heteroatoms. The molecule has 0 bridgehead atoms. The lowest BCUT2D eigenvalue weighted by Crippen LogP contribution is -2.30. The van der Waals surface area contributed by atoms with Gasteiger partial charge in [-0.1, -0.05) is 29.5 Å². The maximum absolute atomic E-state index is 12.8. The summed E-state index contributed by atoms with van der Waals surface area (Å²) in [7, 11) is 0. The molecule has 132 valence electrons. The molecular weight excluding hydrogens is 332 g/mol. The fourth-order valence-corrected chi connectivity index (χ4v) is 2.82. The third kappa shape index (κ3) is 3.11. The zero-order chi connectivity index (χ0) is 17.9. The molecular formula is C19H18N4O3. The quantitative estimate of drug-likeness (QED) is 0.708. The zero-order valence-electron chi connectivity index (χ0n) is 14.3. The molecule has 2 heterocycles. The maximum atomic E-state index is 12.8. The van der Waals surface area contributed by atoms with E-state index < -0.39 is 0 Å². The summed E-state index contributed by atoms with van der Waals surface area (Å²) < 4.78 is 12.3. The number of amides is 1. The number of para-hydroxylation sites is 1. The Morgan fingerprint density at radius 2 is 1.96 bits per heavy atom. The Morgan fingerprint density at radius 3 is 2.77 bits per heavy atom. The summed E-state index contributed by atoms with van der Waals surface area (Å²) in [5.74, 6) is 1.28. The lowest BCUT2D eigenvalue weighted by molar-refractivity contribution is 0.0746. The number of carbonyl (C=O) groups is 1. The highest BCUT2D eigenvalue weighted by Gasteiger charge is 2.20. The number of hydrogen-bond donors (Lipinski definition) is 0. The maximum Gasteiger partial charge on any atom is 0.276 e. The van der Waals surface area contributed by atoms with Gasteiger partial charge in [0.05, 0.1) is 11.9 Å². The number of carbonyl (C=O) groups excluding carboxylic acids is 1. The summed E-state index contributed by atoms with van der Waals surface area (Å²) in [5.41, 5.74) is 2.15. The second-order valence-electron chi connectivity index (χ2n) is 5.89. The highest BCUT2D eigenvalue weighted by atomic mass is 16.7. The van der Waals surface area contributed by atoms with E-state index in [0.29, 0.717) is 24.5 Å². The molecule has 0 spiro atoms. The molecule has 0 saturated carbocycles. The molecule has 1 amide bonds. The Morgan fingerprint density at radius 1 is 1.15 bits per heavy atom. The molecule has 7 nitrogen and oxygen atoms in total. The van der Waals surface area contributed by atoms with Crippen LogP contribution in [-0.2, 0) is 6.54 Å². The summed E-state index contributed by atoms with van der Waals surface area (Å²) >= 11 is 0. The van der Waals surface area contributed by atoms with Gasteiger partial charge in [-0.2, -0.15) is 0 Å². The van der Waals surface area contributed by atoms with Crippen molar-refractivity contribution in [1.82, 2.24) is 19.9 Å². The summed E-state index contributed by atoms with van der Waals surface area (Å²) in [6, 6.07) is 15.3. The topological polar surface area (TPSA) is 69.5 Å². The van der Waals surface area contributed by atoms with Crippen LogP contribution in [0.1, 0.15) is 23.0 Å². The van der Waals surface area contributed by atoms with E-state index in [4.69, 9.17) is 9.47 Å². The van der Waals surface area contributed by atoms with E-state index in [2.05, 4.69) is 10.3 Å². The smallest absolute Gasteiger partial charge is 0.276 e. The average molecular weight is 350 g/mol. The molecule has 4 rings (SSSR count). The Kier molecular flexibility index (Phi) is 4.27. The van der Waals surface area contributed by atoms with E-state index >= 15 is 0 Å². The van der Waals surface area contributed by atoms with Crippen molar-refractivity contribution in [1.29, 1.82) is 0 Å². The molecule has 1 aliphatic heterocycles. The van der Waals surface area contributed by atoms with Gasteiger partial charge in [0.15, 0.2) is 17.2 Å². The van der Waals surface area contributed by atoms with Crippen LogP contribution in [0, 0.1) is 0 Å². The molecule has 3 aromatic rings. The van der Waals surface area contributed by atoms with Gasteiger partial charge in [-0.15, -0.1) is 5.10 Å². The number of ether oxygens (including phenoxy) is 2. The van der Waals surface area contributed by atoms with E-state index in [1.165, 1.54) is 0 Å². The second kappa shape index (κ2) is 6.87. The van der Waals surface area contributed by atoms with Crippen molar-refractivity contribution in [3.05, 3.63) is 66.0 Å².